The van der Waals surface area contributed by atoms with Crippen molar-refractivity contribution in [2.75, 3.05) is 0 Å². The SMILES string of the molecule is C=CCC(CC=C)(CC=C)c1ccc(OCc2ccnc(-c3cc(COc4ccc(C(CC=C)(CC=C)CC=C)cc4)ccn3)c2)cc1. The van der Waals surface area contributed by atoms with Crippen LogP contribution < -0.4 is 9.47 Å². The zero-order valence-corrected chi connectivity index (χ0v) is 28.2. The van der Waals surface area contributed by atoms with Crippen LogP contribution in [0, 0.1) is 0 Å². The smallest absolute Gasteiger partial charge is 0.119 e. The Morgan fingerprint density at radius 2 is 0.771 bits per heavy atom. The van der Waals surface area contributed by atoms with Gasteiger partial charge in [-0.05, 0) is 109 Å². The summed E-state index contributed by atoms with van der Waals surface area (Å²) in [5, 5.41) is 0. The maximum absolute atomic E-state index is 6.17. The molecule has 2 aromatic heterocycles. The van der Waals surface area contributed by atoms with Crippen LogP contribution in [0.2, 0.25) is 0 Å². The lowest BCUT2D eigenvalue weighted by Crippen LogP contribution is -2.24. The highest BCUT2D eigenvalue weighted by Crippen LogP contribution is 2.38. The maximum atomic E-state index is 6.17. The van der Waals surface area contributed by atoms with Gasteiger partial charge in [-0.3, -0.25) is 9.97 Å². The highest BCUT2D eigenvalue weighted by molar-refractivity contribution is 5.55. The van der Waals surface area contributed by atoms with E-state index in [9.17, 15) is 0 Å². The molecule has 4 heteroatoms. The molecule has 246 valence electrons. The zero-order chi connectivity index (χ0) is 34.2. The molecule has 2 heterocycles. The Balaban J connectivity index is 1.40. The van der Waals surface area contributed by atoms with Crippen molar-refractivity contribution in [3.63, 3.8) is 0 Å². The lowest BCUT2D eigenvalue weighted by molar-refractivity contribution is 0.305. The van der Waals surface area contributed by atoms with Crippen LogP contribution >= 0.6 is 0 Å². The minimum atomic E-state index is -0.0873. The molecule has 0 fully saturated rings. The molecule has 0 amide bonds. The zero-order valence-electron chi connectivity index (χ0n) is 28.2. The molecule has 4 aromatic rings. The third-order valence-corrected chi connectivity index (χ3v) is 8.87. The van der Waals surface area contributed by atoms with Gasteiger partial charge < -0.3 is 9.47 Å². The summed E-state index contributed by atoms with van der Waals surface area (Å²) in [4.78, 5) is 9.18. The summed E-state index contributed by atoms with van der Waals surface area (Å²) in [6.07, 6.45) is 20.5. The second-order valence-electron chi connectivity index (χ2n) is 12.2. The monoisotopic (exact) mass is 636 g/mol. The van der Waals surface area contributed by atoms with E-state index in [2.05, 4.69) is 73.7 Å². The Morgan fingerprint density at radius 1 is 0.458 bits per heavy atom. The average Bonchev–Trinajstić information content (AvgIpc) is 3.11. The molecule has 4 nitrogen and oxygen atoms in total. The van der Waals surface area contributed by atoms with E-state index in [1.165, 1.54) is 11.1 Å². The Morgan fingerprint density at radius 3 is 1.06 bits per heavy atom. The van der Waals surface area contributed by atoms with E-state index in [4.69, 9.17) is 9.47 Å². The summed E-state index contributed by atoms with van der Waals surface area (Å²) in [6, 6.07) is 24.6. The molecule has 0 bridgehead atoms. The second-order valence-corrected chi connectivity index (χ2v) is 12.2. The van der Waals surface area contributed by atoms with Gasteiger partial charge in [0.05, 0.1) is 11.4 Å². The molecule has 4 rings (SSSR count). The lowest BCUT2D eigenvalue weighted by Gasteiger charge is -2.32. The number of nitrogens with zero attached hydrogens (tertiary/aromatic N) is 2. The van der Waals surface area contributed by atoms with Gasteiger partial charge in [-0.15, -0.1) is 39.5 Å². The average molecular weight is 637 g/mol. The predicted molar refractivity (Wildman–Crippen MR) is 201 cm³/mol. The molecule has 0 radical (unpaired) electrons. The Labute approximate surface area is 287 Å². The van der Waals surface area contributed by atoms with E-state index in [1.807, 2.05) is 85.0 Å². The van der Waals surface area contributed by atoms with Gasteiger partial charge >= 0.3 is 0 Å². The van der Waals surface area contributed by atoms with Crippen molar-refractivity contribution in [3.8, 4) is 22.9 Å². The molecule has 48 heavy (non-hydrogen) atoms. The Hall–Kier alpha value is -5.22. The van der Waals surface area contributed by atoms with Gasteiger partial charge in [0, 0.05) is 23.2 Å². The quantitative estimate of drug-likeness (QED) is 0.0854. The highest BCUT2D eigenvalue weighted by atomic mass is 16.5. The van der Waals surface area contributed by atoms with Crippen molar-refractivity contribution in [2.45, 2.75) is 62.6 Å². The van der Waals surface area contributed by atoms with Crippen LogP contribution in [0.5, 0.6) is 11.5 Å². The fraction of sp³-hybridized carbons (Fsp3) is 0.227. The fourth-order valence-corrected chi connectivity index (χ4v) is 6.42. The van der Waals surface area contributed by atoms with Gasteiger partial charge in [0.1, 0.15) is 24.7 Å². The second kappa shape index (κ2) is 17.6. The number of hydrogen-bond donors (Lipinski definition) is 0. The van der Waals surface area contributed by atoms with Crippen LogP contribution in [-0.4, -0.2) is 9.97 Å². The first-order chi connectivity index (χ1) is 23.4. The van der Waals surface area contributed by atoms with Gasteiger partial charge in [0.15, 0.2) is 0 Å². The van der Waals surface area contributed by atoms with Gasteiger partial charge in [0.2, 0.25) is 0 Å². The van der Waals surface area contributed by atoms with Crippen LogP contribution in [0.1, 0.15) is 60.8 Å². The van der Waals surface area contributed by atoms with Crippen LogP contribution in [0.15, 0.2) is 161 Å². The Kier molecular flexibility index (Phi) is 13.1. The first kappa shape index (κ1) is 35.6. The number of aromatic nitrogens is 2. The topological polar surface area (TPSA) is 44.2 Å². The molecular formula is C44H48N2O2. The summed E-state index contributed by atoms with van der Waals surface area (Å²) in [5.41, 5.74) is 5.86. The summed E-state index contributed by atoms with van der Waals surface area (Å²) in [5.74, 6) is 1.61. The van der Waals surface area contributed by atoms with E-state index in [-0.39, 0.29) is 10.8 Å². The number of hydrogen-bond acceptors (Lipinski definition) is 4. The van der Waals surface area contributed by atoms with E-state index >= 15 is 0 Å². The van der Waals surface area contributed by atoms with E-state index in [0.717, 1.165) is 72.5 Å². The molecule has 0 unspecified atom stereocenters. The van der Waals surface area contributed by atoms with Gasteiger partial charge in [-0.1, -0.05) is 60.7 Å². The molecule has 0 aliphatic rings. The Bertz CT molecular complexity index is 1500. The molecule has 0 saturated carbocycles. The van der Waals surface area contributed by atoms with Crippen LogP contribution in [-0.2, 0) is 24.0 Å². The van der Waals surface area contributed by atoms with Crippen LogP contribution in [0.3, 0.4) is 0 Å². The molecule has 0 N–H and O–H groups in total. The highest BCUT2D eigenvalue weighted by Gasteiger charge is 2.29. The minimum absolute atomic E-state index is 0.0873. The van der Waals surface area contributed by atoms with E-state index < -0.39 is 0 Å². The standard InChI is InChI=1S/C44H48N2O2/c1-7-23-43(24-8-2,25-9-3)37-13-17-39(18-14-37)47-33-35-21-29-45-41(31-35)42-32-36(22-30-46-42)34-48-40-19-15-38(16-20-40)44(26-10-4,27-11-5)28-12-6/h7-22,29-32H,1-6,23-28,33-34H2. The van der Waals surface area contributed by atoms with Gasteiger partial charge in [-0.2, -0.15) is 0 Å². The van der Waals surface area contributed by atoms with Crippen molar-refractivity contribution in [3.05, 3.63) is 183 Å². The van der Waals surface area contributed by atoms with Crippen LogP contribution in [0.4, 0.5) is 0 Å². The summed E-state index contributed by atoms with van der Waals surface area (Å²) < 4.78 is 12.3. The number of ether oxygens (including phenoxy) is 2. The largest absolute Gasteiger partial charge is 0.489 e. The minimum Gasteiger partial charge on any atom is -0.489 e. The molecule has 0 atom stereocenters. The predicted octanol–water partition coefficient (Wildman–Crippen LogP) is 11.2. The van der Waals surface area contributed by atoms with E-state index in [0.29, 0.717) is 13.2 Å². The normalized spacial score (nSPS) is 11.2. The molecule has 2 aromatic carbocycles. The van der Waals surface area contributed by atoms with E-state index in [1.54, 1.807) is 12.4 Å². The van der Waals surface area contributed by atoms with Crippen LogP contribution in [0.25, 0.3) is 11.4 Å². The van der Waals surface area contributed by atoms with Crippen molar-refractivity contribution >= 4 is 0 Å². The molecule has 0 spiro atoms. The summed E-state index contributed by atoms with van der Waals surface area (Å²) in [6.45, 7) is 24.7. The lowest BCUT2D eigenvalue weighted by atomic mass is 9.72. The van der Waals surface area contributed by atoms with Crippen molar-refractivity contribution in [1.29, 1.82) is 0 Å². The number of pyridine rings is 2. The third-order valence-electron chi connectivity index (χ3n) is 8.87. The third kappa shape index (κ3) is 8.98. The number of benzene rings is 2. The molecular weight excluding hydrogens is 588 g/mol. The summed E-state index contributed by atoms with van der Waals surface area (Å²) >= 11 is 0. The number of rotatable bonds is 21. The summed E-state index contributed by atoms with van der Waals surface area (Å²) in [7, 11) is 0. The first-order valence-corrected chi connectivity index (χ1v) is 16.5. The first-order valence-electron chi connectivity index (χ1n) is 16.5. The molecule has 0 aliphatic carbocycles. The van der Waals surface area contributed by atoms with Crippen molar-refractivity contribution in [1.82, 2.24) is 9.97 Å². The molecule has 0 aliphatic heterocycles. The fourth-order valence-electron chi connectivity index (χ4n) is 6.42. The van der Waals surface area contributed by atoms with Crippen molar-refractivity contribution in [2.24, 2.45) is 0 Å². The van der Waals surface area contributed by atoms with Gasteiger partial charge in [-0.25, -0.2) is 0 Å². The van der Waals surface area contributed by atoms with Crippen molar-refractivity contribution < 1.29 is 9.47 Å². The number of allylic oxidation sites excluding steroid dienone is 6. The molecule has 0 saturated heterocycles. The maximum Gasteiger partial charge on any atom is 0.119 e. The van der Waals surface area contributed by atoms with Gasteiger partial charge in [0.25, 0.3) is 0 Å².